The number of aliphatic hydroxyl groups is 2. The van der Waals surface area contributed by atoms with Crippen molar-refractivity contribution in [2.24, 2.45) is 0 Å². The van der Waals surface area contributed by atoms with Gasteiger partial charge in [0.15, 0.2) is 11.2 Å². The highest BCUT2D eigenvalue weighted by Crippen LogP contribution is 2.47. The van der Waals surface area contributed by atoms with Gasteiger partial charge in [0, 0.05) is 13.2 Å². The maximum absolute atomic E-state index is 14.1. The first-order valence-corrected chi connectivity index (χ1v) is 10.5. The number of hydrogen-bond donors (Lipinski definition) is 2. The van der Waals surface area contributed by atoms with Crippen molar-refractivity contribution in [3.8, 4) is 0 Å². The summed E-state index contributed by atoms with van der Waals surface area (Å²) in [7, 11) is 0. The Morgan fingerprint density at radius 2 is 1.16 bits per heavy atom. The molecule has 10 heteroatoms. The van der Waals surface area contributed by atoms with E-state index in [1.54, 1.807) is 13.8 Å². The fourth-order valence-corrected chi connectivity index (χ4v) is 3.06. The molecule has 0 aliphatic rings. The van der Waals surface area contributed by atoms with Crippen molar-refractivity contribution in [1.82, 2.24) is 0 Å². The Balaban J connectivity index is 3.75. The molecule has 1 aromatic rings. The van der Waals surface area contributed by atoms with E-state index in [9.17, 15) is 26.3 Å². The SMILES string of the molecule is CCC(C)c1cc(C(C)(OCCCO)C(F)(F)F)cc(C(C)(OCCCO)C(F)(F)F)c1. The Kier molecular flexibility index (Phi) is 10.0. The molecule has 2 N–H and O–H groups in total. The topological polar surface area (TPSA) is 58.9 Å². The molecule has 3 unspecified atom stereocenters. The number of alkyl halides is 6. The minimum absolute atomic E-state index is 0.0614. The van der Waals surface area contributed by atoms with Gasteiger partial charge in [0.1, 0.15) is 0 Å². The van der Waals surface area contributed by atoms with Gasteiger partial charge in [-0.1, -0.05) is 26.0 Å². The minimum Gasteiger partial charge on any atom is -0.396 e. The van der Waals surface area contributed by atoms with Gasteiger partial charge in [-0.05, 0) is 61.8 Å². The second-order valence-corrected chi connectivity index (χ2v) is 8.07. The average molecular weight is 474 g/mol. The molecule has 0 fully saturated rings. The zero-order valence-electron chi connectivity index (χ0n) is 18.7. The summed E-state index contributed by atoms with van der Waals surface area (Å²) >= 11 is 0. The molecule has 0 heterocycles. The minimum atomic E-state index is -4.93. The fourth-order valence-electron chi connectivity index (χ4n) is 3.06. The van der Waals surface area contributed by atoms with Crippen molar-refractivity contribution in [1.29, 1.82) is 0 Å². The summed E-state index contributed by atoms with van der Waals surface area (Å²) in [5.41, 5.74) is -6.44. The largest absolute Gasteiger partial charge is 0.421 e. The summed E-state index contributed by atoms with van der Waals surface area (Å²) in [5.74, 6) is -0.321. The molecule has 0 saturated heterocycles. The number of benzene rings is 1. The number of halogens is 6. The van der Waals surface area contributed by atoms with E-state index in [4.69, 9.17) is 19.7 Å². The predicted molar refractivity (Wildman–Crippen MR) is 107 cm³/mol. The Labute approximate surface area is 184 Å². The van der Waals surface area contributed by atoms with Gasteiger partial charge in [0.25, 0.3) is 0 Å². The van der Waals surface area contributed by atoms with Crippen LogP contribution in [0.2, 0.25) is 0 Å². The van der Waals surface area contributed by atoms with E-state index in [0.717, 1.165) is 19.9 Å². The van der Waals surface area contributed by atoms with Crippen LogP contribution in [-0.4, -0.2) is 49.0 Å². The van der Waals surface area contributed by atoms with Crippen LogP contribution in [0.25, 0.3) is 0 Å². The predicted octanol–water partition coefficient (Wildman–Crippen LogP) is 5.55. The molecule has 3 atom stereocenters. The van der Waals surface area contributed by atoms with Gasteiger partial charge in [0.05, 0.1) is 13.2 Å². The first-order valence-electron chi connectivity index (χ1n) is 10.5. The second-order valence-electron chi connectivity index (χ2n) is 8.07. The summed E-state index contributed by atoms with van der Waals surface area (Å²) in [6.45, 7) is 3.37. The molecule has 0 saturated carbocycles. The standard InChI is InChI=1S/C22H32F6O4/c1-5-15(2)16-12-17(19(3,21(23,24)25)31-10-6-8-29)14-18(13-16)20(4,22(26,27)28)32-11-7-9-30/h12-15,29-30H,5-11H2,1-4H3. The van der Waals surface area contributed by atoms with Crippen molar-refractivity contribution in [3.05, 3.63) is 34.9 Å². The highest BCUT2D eigenvalue weighted by atomic mass is 19.4. The summed E-state index contributed by atoms with van der Waals surface area (Å²) in [5, 5.41) is 17.8. The lowest BCUT2D eigenvalue weighted by molar-refractivity contribution is -0.280. The quantitative estimate of drug-likeness (QED) is 0.308. The summed E-state index contributed by atoms with van der Waals surface area (Å²) in [6, 6.07) is 3.26. The van der Waals surface area contributed by atoms with Crippen LogP contribution in [0.3, 0.4) is 0 Å². The van der Waals surface area contributed by atoms with Crippen LogP contribution in [0.4, 0.5) is 26.3 Å². The van der Waals surface area contributed by atoms with Crippen molar-refractivity contribution < 1.29 is 46.0 Å². The molecular formula is C22H32F6O4. The zero-order chi connectivity index (χ0) is 24.8. The van der Waals surface area contributed by atoms with Gasteiger partial charge in [-0.25, -0.2) is 0 Å². The average Bonchev–Trinajstić information content (AvgIpc) is 2.71. The van der Waals surface area contributed by atoms with Crippen LogP contribution < -0.4 is 0 Å². The van der Waals surface area contributed by atoms with E-state index in [0.29, 0.717) is 12.0 Å². The first-order chi connectivity index (χ1) is 14.7. The lowest BCUT2D eigenvalue weighted by atomic mass is 9.83. The van der Waals surface area contributed by atoms with Gasteiger partial charge in [-0.3, -0.25) is 0 Å². The number of aliphatic hydroxyl groups excluding tert-OH is 2. The molecule has 0 amide bonds. The molecule has 32 heavy (non-hydrogen) atoms. The third-order valence-corrected chi connectivity index (χ3v) is 5.71. The Morgan fingerprint density at radius 3 is 1.44 bits per heavy atom. The highest BCUT2D eigenvalue weighted by molar-refractivity contribution is 5.39. The van der Waals surface area contributed by atoms with Crippen LogP contribution >= 0.6 is 0 Å². The molecule has 1 rings (SSSR count). The molecule has 0 bridgehead atoms. The number of ether oxygens (including phenoxy) is 2. The van der Waals surface area contributed by atoms with E-state index < -0.39 is 61.1 Å². The molecule has 0 radical (unpaired) electrons. The summed E-state index contributed by atoms with van der Waals surface area (Å²) in [4.78, 5) is 0. The lowest BCUT2D eigenvalue weighted by Gasteiger charge is -2.37. The molecular weight excluding hydrogens is 442 g/mol. The number of rotatable bonds is 12. The lowest BCUT2D eigenvalue weighted by Crippen LogP contribution is -2.45. The van der Waals surface area contributed by atoms with Gasteiger partial charge < -0.3 is 19.7 Å². The van der Waals surface area contributed by atoms with Crippen LogP contribution in [0.5, 0.6) is 0 Å². The smallest absolute Gasteiger partial charge is 0.396 e. The van der Waals surface area contributed by atoms with Crippen molar-refractivity contribution in [3.63, 3.8) is 0 Å². The van der Waals surface area contributed by atoms with Gasteiger partial charge in [0.2, 0.25) is 0 Å². The Bertz CT molecular complexity index is 669. The van der Waals surface area contributed by atoms with Gasteiger partial charge in [-0.15, -0.1) is 0 Å². The van der Waals surface area contributed by atoms with E-state index in [1.165, 1.54) is 12.1 Å². The third kappa shape index (κ3) is 6.36. The van der Waals surface area contributed by atoms with Crippen LogP contribution in [0.1, 0.15) is 69.6 Å². The summed E-state index contributed by atoms with van der Waals surface area (Å²) in [6.07, 6.45) is -9.49. The van der Waals surface area contributed by atoms with Crippen molar-refractivity contribution in [2.75, 3.05) is 26.4 Å². The Morgan fingerprint density at radius 1 is 0.781 bits per heavy atom. The third-order valence-electron chi connectivity index (χ3n) is 5.71. The molecule has 186 valence electrons. The Hall–Kier alpha value is -1.36. The zero-order valence-corrected chi connectivity index (χ0v) is 18.7. The fraction of sp³-hybridized carbons (Fsp3) is 0.727. The van der Waals surface area contributed by atoms with Gasteiger partial charge >= 0.3 is 12.4 Å². The van der Waals surface area contributed by atoms with Crippen LogP contribution in [-0.2, 0) is 20.7 Å². The molecule has 0 spiro atoms. The molecule has 0 aliphatic carbocycles. The van der Waals surface area contributed by atoms with Crippen LogP contribution in [0, 0.1) is 0 Å². The first kappa shape index (κ1) is 28.7. The maximum atomic E-state index is 14.1. The number of hydrogen-bond acceptors (Lipinski definition) is 4. The van der Waals surface area contributed by atoms with Gasteiger partial charge in [-0.2, -0.15) is 26.3 Å². The molecule has 0 aliphatic heterocycles. The molecule has 0 aromatic heterocycles. The molecule has 1 aromatic carbocycles. The maximum Gasteiger partial charge on any atom is 0.421 e. The van der Waals surface area contributed by atoms with E-state index in [2.05, 4.69) is 0 Å². The van der Waals surface area contributed by atoms with E-state index >= 15 is 0 Å². The van der Waals surface area contributed by atoms with Crippen LogP contribution in [0.15, 0.2) is 18.2 Å². The van der Waals surface area contributed by atoms with Crippen molar-refractivity contribution >= 4 is 0 Å². The summed E-state index contributed by atoms with van der Waals surface area (Å²) < 4.78 is 94.6. The highest BCUT2D eigenvalue weighted by Gasteiger charge is 2.57. The molecule has 4 nitrogen and oxygen atoms in total. The second kappa shape index (κ2) is 11.2. The van der Waals surface area contributed by atoms with Crippen molar-refractivity contribution in [2.45, 2.75) is 76.4 Å². The monoisotopic (exact) mass is 474 g/mol. The van der Waals surface area contributed by atoms with E-state index in [1.807, 2.05) is 0 Å². The normalized spacial score (nSPS) is 17.6. The van der Waals surface area contributed by atoms with E-state index in [-0.39, 0.29) is 18.8 Å².